The molecule has 1 aliphatic heterocycles. The van der Waals surface area contributed by atoms with E-state index in [0.29, 0.717) is 24.6 Å². The lowest BCUT2D eigenvalue weighted by Gasteiger charge is -2.17. The van der Waals surface area contributed by atoms with Gasteiger partial charge in [-0.1, -0.05) is 41.9 Å². The molecule has 0 saturated carbocycles. The molecule has 1 saturated heterocycles. The van der Waals surface area contributed by atoms with Crippen molar-refractivity contribution in [3.05, 3.63) is 89.7 Å². The number of fused-ring (bicyclic) bond motifs is 1. The molecule has 5 rings (SSSR count). The normalized spacial score (nSPS) is 16.1. The molecule has 1 atom stereocenters. The van der Waals surface area contributed by atoms with Gasteiger partial charge in [0.15, 0.2) is 0 Å². The third kappa shape index (κ3) is 4.21. The summed E-state index contributed by atoms with van der Waals surface area (Å²) in [6.45, 7) is 2.02. The van der Waals surface area contributed by atoms with Crippen molar-refractivity contribution < 1.29 is 9.53 Å². The number of amides is 1. The highest BCUT2D eigenvalue weighted by molar-refractivity contribution is 6.30. The highest BCUT2D eigenvalue weighted by Gasteiger charge is 2.34. The molecule has 6 heteroatoms. The highest BCUT2D eigenvalue weighted by Crippen LogP contribution is 2.33. The van der Waals surface area contributed by atoms with E-state index in [4.69, 9.17) is 21.3 Å². The van der Waals surface area contributed by atoms with Gasteiger partial charge in [0.1, 0.15) is 11.6 Å². The summed E-state index contributed by atoms with van der Waals surface area (Å²) in [6.07, 6.45) is 1.30. The molecule has 0 spiro atoms. The monoisotopic (exact) mass is 445 g/mol. The maximum atomic E-state index is 12.8. The topological polar surface area (TPSA) is 47.4 Å². The van der Waals surface area contributed by atoms with Gasteiger partial charge >= 0.3 is 0 Å². The first-order valence-corrected chi connectivity index (χ1v) is 11.3. The second-order valence-electron chi connectivity index (χ2n) is 8.01. The number of benzene rings is 3. The first-order valence-electron chi connectivity index (χ1n) is 10.9. The van der Waals surface area contributed by atoms with Crippen LogP contribution in [0.3, 0.4) is 0 Å². The lowest BCUT2D eigenvalue weighted by Crippen LogP contribution is -2.24. The third-order valence-corrected chi connectivity index (χ3v) is 6.10. The van der Waals surface area contributed by atoms with Gasteiger partial charge in [0.05, 0.1) is 17.6 Å². The summed E-state index contributed by atoms with van der Waals surface area (Å²) >= 11 is 6.02. The number of nitrogens with zero attached hydrogens (tertiary/aromatic N) is 3. The van der Waals surface area contributed by atoms with Gasteiger partial charge in [-0.15, -0.1) is 0 Å². The lowest BCUT2D eigenvalue weighted by atomic mass is 10.1. The standard InChI is InChI=1S/C26H24ClN3O2/c27-20-11-13-21(14-12-20)30-18-19(17-25(30)31)26-28-23-9-4-5-10-24(23)29(26)15-6-16-32-22-7-2-1-3-8-22/h1-5,7-14,19H,6,15-18H2/t19-/m0/s1. The molecule has 2 heterocycles. The van der Waals surface area contributed by atoms with Crippen LogP contribution in [0.25, 0.3) is 11.0 Å². The predicted octanol–water partition coefficient (Wildman–Crippen LogP) is 5.68. The molecule has 4 aromatic rings. The Morgan fingerprint density at radius 3 is 2.53 bits per heavy atom. The van der Waals surface area contributed by atoms with Crippen LogP contribution < -0.4 is 9.64 Å². The van der Waals surface area contributed by atoms with Gasteiger partial charge in [0, 0.05) is 36.1 Å². The second-order valence-corrected chi connectivity index (χ2v) is 8.44. The van der Waals surface area contributed by atoms with Gasteiger partial charge in [-0.3, -0.25) is 4.79 Å². The van der Waals surface area contributed by atoms with E-state index >= 15 is 0 Å². The number of aryl methyl sites for hydroxylation is 1. The van der Waals surface area contributed by atoms with Crippen LogP contribution in [0.2, 0.25) is 5.02 Å². The molecule has 1 aromatic heterocycles. The molecular weight excluding hydrogens is 422 g/mol. The van der Waals surface area contributed by atoms with Crippen molar-refractivity contribution in [1.29, 1.82) is 0 Å². The zero-order valence-electron chi connectivity index (χ0n) is 17.7. The van der Waals surface area contributed by atoms with E-state index < -0.39 is 0 Å². The van der Waals surface area contributed by atoms with E-state index in [-0.39, 0.29) is 11.8 Å². The molecule has 5 nitrogen and oxygen atoms in total. The zero-order chi connectivity index (χ0) is 21.9. The fourth-order valence-corrected chi connectivity index (χ4v) is 4.45. The van der Waals surface area contributed by atoms with Crippen molar-refractivity contribution in [3.8, 4) is 5.75 Å². The Labute approximate surface area is 192 Å². The highest BCUT2D eigenvalue weighted by atomic mass is 35.5. The van der Waals surface area contributed by atoms with Crippen LogP contribution >= 0.6 is 11.6 Å². The molecular formula is C26H24ClN3O2. The van der Waals surface area contributed by atoms with Crippen molar-refractivity contribution in [2.24, 2.45) is 0 Å². The van der Waals surface area contributed by atoms with Crippen molar-refractivity contribution in [1.82, 2.24) is 9.55 Å². The van der Waals surface area contributed by atoms with E-state index in [9.17, 15) is 4.79 Å². The Balaban J connectivity index is 1.35. The van der Waals surface area contributed by atoms with Crippen molar-refractivity contribution in [3.63, 3.8) is 0 Å². The van der Waals surface area contributed by atoms with Crippen LogP contribution in [0.5, 0.6) is 5.75 Å². The number of rotatable bonds is 7. The first kappa shape index (κ1) is 20.6. The number of imidazole rings is 1. The Morgan fingerprint density at radius 2 is 1.72 bits per heavy atom. The zero-order valence-corrected chi connectivity index (χ0v) is 18.4. The Hall–Kier alpha value is -3.31. The largest absolute Gasteiger partial charge is 0.494 e. The second kappa shape index (κ2) is 9.05. The Bertz CT molecular complexity index is 1220. The molecule has 0 unspecified atom stereocenters. The number of ether oxygens (including phenoxy) is 1. The number of carbonyl (C=O) groups excluding carboxylic acids is 1. The summed E-state index contributed by atoms with van der Waals surface area (Å²) in [4.78, 5) is 19.6. The van der Waals surface area contributed by atoms with Crippen molar-refractivity contribution in [2.75, 3.05) is 18.1 Å². The fourth-order valence-electron chi connectivity index (χ4n) is 4.32. The number of anilines is 1. The first-order chi connectivity index (χ1) is 15.7. The quantitative estimate of drug-likeness (QED) is 0.344. The van der Waals surface area contributed by atoms with Gasteiger partial charge < -0.3 is 14.2 Å². The average Bonchev–Trinajstić information content (AvgIpc) is 3.38. The molecule has 0 aliphatic carbocycles. The molecule has 0 radical (unpaired) electrons. The predicted molar refractivity (Wildman–Crippen MR) is 127 cm³/mol. The van der Waals surface area contributed by atoms with E-state index in [0.717, 1.165) is 41.3 Å². The van der Waals surface area contributed by atoms with Crippen LogP contribution in [-0.2, 0) is 11.3 Å². The van der Waals surface area contributed by atoms with Gasteiger partial charge in [-0.05, 0) is 55.0 Å². The summed E-state index contributed by atoms with van der Waals surface area (Å²) in [6, 6.07) is 25.4. The van der Waals surface area contributed by atoms with Gasteiger partial charge in [0.2, 0.25) is 5.91 Å². The van der Waals surface area contributed by atoms with E-state index in [1.165, 1.54) is 0 Å². The summed E-state index contributed by atoms with van der Waals surface area (Å²) in [5.74, 6) is 2.00. The molecule has 0 N–H and O–H groups in total. The minimum absolute atomic E-state index is 0.0422. The number of carbonyl (C=O) groups is 1. The number of para-hydroxylation sites is 3. The maximum Gasteiger partial charge on any atom is 0.227 e. The van der Waals surface area contributed by atoms with Crippen LogP contribution in [0, 0.1) is 0 Å². The minimum atomic E-state index is 0.0422. The minimum Gasteiger partial charge on any atom is -0.494 e. The molecule has 32 heavy (non-hydrogen) atoms. The Morgan fingerprint density at radius 1 is 0.969 bits per heavy atom. The molecule has 1 aliphatic rings. The fraction of sp³-hybridized carbons (Fsp3) is 0.231. The summed E-state index contributed by atoms with van der Waals surface area (Å²) in [5.41, 5.74) is 2.93. The SMILES string of the molecule is O=C1C[C@H](c2nc3ccccc3n2CCCOc2ccccc2)CN1c1ccc(Cl)cc1. The number of hydrogen-bond donors (Lipinski definition) is 0. The summed E-state index contributed by atoms with van der Waals surface area (Å²) < 4.78 is 8.13. The van der Waals surface area contributed by atoms with Gasteiger partial charge in [-0.2, -0.15) is 0 Å². The number of aromatic nitrogens is 2. The molecule has 0 bridgehead atoms. The molecule has 1 fully saturated rings. The van der Waals surface area contributed by atoms with Crippen LogP contribution in [-0.4, -0.2) is 28.6 Å². The van der Waals surface area contributed by atoms with Crippen molar-refractivity contribution in [2.45, 2.75) is 25.3 Å². The molecule has 1 amide bonds. The molecule has 3 aromatic carbocycles. The Kier molecular flexibility index (Phi) is 5.82. The maximum absolute atomic E-state index is 12.8. The van der Waals surface area contributed by atoms with E-state index in [1.807, 2.05) is 77.7 Å². The van der Waals surface area contributed by atoms with Crippen molar-refractivity contribution >= 4 is 34.2 Å². The summed E-state index contributed by atoms with van der Waals surface area (Å²) in [7, 11) is 0. The smallest absolute Gasteiger partial charge is 0.227 e. The third-order valence-electron chi connectivity index (χ3n) is 5.85. The molecule has 162 valence electrons. The van der Waals surface area contributed by atoms with Crippen LogP contribution in [0.4, 0.5) is 5.69 Å². The van der Waals surface area contributed by atoms with Crippen LogP contribution in [0.1, 0.15) is 24.6 Å². The summed E-state index contributed by atoms with van der Waals surface area (Å²) in [5, 5.41) is 0.663. The lowest BCUT2D eigenvalue weighted by molar-refractivity contribution is -0.117. The number of hydrogen-bond acceptors (Lipinski definition) is 3. The van der Waals surface area contributed by atoms with Gasteiger partial charge in [-0.25, -0.2) is 4.98 Å². The van der Waals surface area contributed by atoms with E-state index in [1.54, 1.807) is 0 Å². The average molecular weight is 446 g/mol. The van der Waals surface area contributed by atoms with Gasteiger partial charge in [0.25, 0.3) is 0 Å². The van der Waals surface area contributed by atoms with Crippen LogP contribution in [0.15, 0.2) is 78.9 Å². The van der Waals surface area contributed by atoms with E-state index in [2.05, 4.69) is 10.6 Å². The number of halogens is 1.